The van der Waals surface area contributed by atoms with Crippen LogP contribution in [-0.4, -0.2) is 22.2 Å². The average Bonchev–Trinajstić information content (AvgIpc) is 2.20. The van der Waals surface area contributed by atoms with Crippen molar-refractivity contribution in [2.75, 3.05) is 0 Å². The molecular weight excluding hydrogens is 182 g/mol. The number of aliphatic carboxylic acids is 1. The fourth-order valence-corrected chi connectivity index (χ4v) is 1.14. The molecule has 1 aromatic carbocycles. The van der Waals surface area contributed by atoms with Crippen LogP contribution in [0.15, 0.2) is 18.2 Å². The Morgan fingerprint density at radius 3 is 3.00 bits per heavy atom. The molecule has 1 rings (SSSR count). The molecule has 0 spiro atoms. The highest BCUT2D eigenvalue weighted by Crippen LogP contribution is 2.16. The number of rotatable bonds is 3. The quantitative estimate of drug-likeness (QED) is 0.663. The molecule has 0 radical (unpaired) electrons. The summed E-state index contributed by atoms with van der Waals surface area (Å²) in [5.74, 6) is -0.996. The number of phenols is 1. The molecule has 0 heterocycles. The number of benzene rings is 1. The Labute approximate surface area is 83.4 Å². The van der Waals surface area contributed by atoms with E-state index in [0.29, 0.717) is 11.1 Å². The maximum Gasteiger partial charge on any atom is 0.320 e. The van der Waals surface area contributed by atoms with Gasteiger partial charge in [0.15, 0.2) is 0 Å². The lowest BCUT2D eigenvalue weighted by Gasteiger charge is -2.09. The van der Waals surface area contributed by atoms with Crippen molar-refractivity contribution in [1.29, 1.82) is 0 Å². The fourth-order valence-electron chi connectivity index (χ4n) is 1.14. The van der Waals surface area contributed by atoms with E-state index in [1.54, 1.807) is 6.07 Å². The summed E-state index contributed by atoms with van der Waals surface area (Å²) in [4.78, 5) is 10.5. The van der Waals surface area contributed by atoms with Gasteiger partial charge in [-0.3, -0.25) is 4.79 Å². The largest absolute Gasteiger partial charge is 0.508 e. The van der Waals surface area contributed by atoms with Crippen LogP contribution in [0.4, 0.5) is 0 Å². The van der Waals surface area contributed by atoms with Gasteiger partial charge in [0, 0.05) is 1.37 Å². The third kappa shape index (κ3) is 2.47. The van der Waals surface area contributed by atoms with Crippen molar-refractivity contribution in [3.8, 4) is 5.75 Å². The Bertz CT molecular complexity index is 368. The molecule has 14 heavy (non-hydrogen) atoms. The zero-order valence-electron chi connectivity index (χ0n) is 8.60. The van der Waals surface area contributed by atoms with Crippen LogP contribution < -0.4 is 5.73 Å². The summed E-state index contributed by atoms with van der Waals surface area (Å²) >= 11 is 0. The lowest BCUT2D eigenvalue weighted by atomic mass is 10.0. The van der Waals surface area contributed by atoms with Crippen molar-refractivity contribution < 1.29 is 16.4 Å². The smallest absolute Gasteiger partial charge is 0.320 e. The molecule has 0 aliphatic rings. The van der Waals surface area contributed by atoms with E-state index in [4.69, 9.17) is 12.2 Å². The zero-order chi connectivity index (χ0) is 11.4. The first-order chi connectivity index (χ1) is 7.04. The van der Waals surface area contributed by atoms with Gasteiger partial charge in [0.1, 0.15) is 11.8 Å². The van der Waals surface area contributed by atoms with E-state index >= 15 is 0 Å². The minimum Gasteiger partial charge on any atom is -0.508 e. The summed E-state index contributed by atoms with van der Waals surface area (Å²) in [5, 5.41) is 17.8. The molecule has 0 bridgehead atoms. The van der Waals surface area contributed by atoms with E-state index < -0.39 is 12.0 Å². The van der Waals surface area contributed by atoms with E-state index in [1.165, 1.54) is 12.1 Å². The van der Waals surface area contributed by atoms with Crippen LogP contribution in [-0.2, 0) is 11.2 Å². The predicted molar refractivity (Wildman–Crippen MR) is 52.2 cm³/mol. The second-order valence-corrected chi connectivity index (χ2v) is 3.10. The zero-order valence-corrected chi connectivity index (χ0v) is 7.60. The lowest BCUT2D eigenvalue weighted by molar-refractivity contribution is -0.138. The molecule has 1 atom stereocenters. The third-order valence-corrected chi connectivity index (χ3v) is 1.95. The molecule has 4 nitrogen and oxygen atoms in total. The van der Waals surface area contributed by atoms with Crippen molar-refractivity contribution in [3.63, 3.8) is 0 Å². The Hall–Kier alpha value is -1.55. The van der Waals surface area contributed by atoms with Gasteiger partial charge in [-0.2, -0.15) is 0 Å². The molecule has 76 valence electrons. The van der Waals surface area contributed by atoms with E-state index in [9.17, 15) is 9.90 Å². The van der Waals surface area contributed by atoms with Gasteiger partial charge >= 0.3 is 5.97 Å². The molecule has 0 aromatic heterocycles. The van der Waals surface area contributed by atoms with Gasteiger partial charge in [-0.25, -0.2) is 0 Å². The van der Waals surface area contributed by atoms with Crippen molar-refractivity contribution in [3.05, 3.63) is 29.3 Å². The number of aryl methyl sites for hydroxylation is 1. The minimum atomic E-state index is -1.07. The molecule has 4 N–H and O–H groups in total. The Morgan fingerprint density at radius 2 is 2.43 bits per heavy atom. The van der Waals surface area contributed by atoms with Crippen LogP contribution in [0.5, 0.6) is 5.75 Å². The van der Waals surface area contributed by atoms with E-state index in [-0.39, 0.29) is 19.1 Å². The van der Waals surface area contributed by atoms with Crippen molar-refractivity contribution >= 4 is 5.97 Å². The second kappa shape index (κ2) is 4.11. The molecule has 0 aliphatic heterocycles. The fraction of sp³-hybridized carbons (Fsp3) is 0.300. The lowest BCUT2D eigenvalue weighted by Crippen LogP contribution is -2.32. The molecule has 0 amide bonds. The summed E-state index contributed by atoms with van der Waals surface area (Å²) in [6.45, 7) is -0.00390. The highest BCUT2D eigenvalue weighted by atomic mass is 16.4. The second-order valence-electron chi connectivity index (χ2n) is 3.10. The summed E-state index contributed by atoms with van der Waals surface area (Å²) in [6, 6.07) is 3.54. The number of hydrogen-bond acceptors (Lipinski definition) is 3. The Morgan fingerprint density at radius 1 is 1.71 bits per heavy atom. The highest BCUT2D eigenvalue weighted by Gasteiger charge is 2.13. The first-order valence-electron chi connectivity index (χ1n) is 4.83. The molecular formula is C10H13NO3. The summed E-state index contributed by atoms with van der Waals surface area (Å²) in [7, 11) is 0. The topological polar surface area (TPSA) is 83.5 Å². The number of aromatic hydroxyl groups is 1. The highest BCUT2D eigenvalue weighted by molar-refractivity contribution is 5.73. The molecule has 0 saturated carbocycles. The van der Waals surface area contributed by atoms with Gasteiger partial charge in [0.05, 0.1) is 0 Å². The summed E-state index contributed by atoms with van der Waals surface area (Å²) in [5.41, 5.74) is 6.68. The van der Waals surface area contributed by atoms with Gasteiger partial charge in [-0.15, -0.1) is 0 Å². The Kier molecular flexibility index (Phi) is 2.65. The minimum absolute atomic E-state index is 0.00390. The molecule has 0 fully saturated rings. The maximum atomic E-state index is 10.5. The van der Waals surface area contributed by atoms with Gasteiger partial charge in [0.25, 0.3) is 0 Å². The average molecular weight is 196 g/mol. The van der Waals surface area contributed by atoms with Crippen LogP contribution >= 0.6 is 0 Å². The number of nitrogens with two attached hydrogens (primary N) is 1. The molecule has 0 aliphatic carbocycles. The van der Waals surface area contributed by atoms with Crippen molar-refractivity contribution in [2.45, 2.75) is 19.4 Å². The standard InChI is InChI=1S/C10H13NO3/c1-6-4-8(12)3-2-7(6)5-9(11)10(13)14/h2-4,9,12H,5,11H2,1H3,(H,13,14)/t9-/m0/s1/i1D. The first-order valence-corrected chi connectivity index (χ1v) is 4.13. The SMILES string of the molecule is [2H]Cc1cc(O)ccc1C[C@H](N)C(=O)O. The van der Waals surface area contributed by atoms with E-state index in [2.05, 4.69) is 0 Å². The number of carbonyl (C=O) groups is 1. The van der Waals surface area contributed by atoms with Gasteiger partial charge in [0.2, 0.25) is 0 Å². The monoisotopic (exact) mass is 196 g/mol. The van der Waals surface area contributed by atoms with Crippen LogP contribution in [0, 0.1) is 6.90 Å². The van der Waals surface area contributed by atoms with Crippen molar-refractivity contribution in [2.24, 2.45) is 5.73 Å². The molecule has 0 saturated heterocycles. The third-order valence-electron chi connectivity index (χ3n) is 1.95. The van der Waals surface area contributed by atoms with E-state index in [0.717, 1.165) is 0 Å². The molecule has 4 heteroatoms. The van der Waals surface area contributed by atoms with Gasteiger partial charge < -0.3 is 15.9 Å². The van der Waals surface area contributed by atoms with Crippen LogP contribution in [0.25, 0.3) is 0 Å². The van der Waals surface area contributed by atoms with Crippen LogP contribution in [0.1, 0.15) is 12.5 Å². The first kappa shape index (κ1) is 9.02. The van der Waals surface area contributed by atoms with Gasteiger partial charge in [-0.1, -0.05) is 6.07 Å². The van der Waals surface area contributed by atoms with Gasteiger partial charge in [-0.05, 0) is 36.6 Å². The van der Waals surface area contributed by atoms with Crippen molar-refractivity contribution in [1.82, 2.24) is 0 Å². The molecule has 0 unspecified atom stereocenters. The number of phenolic OH excluding ortho intramolecular Hbond substituents is 1. The predicted octanol–water partition coefficient (Wildman–Crippen LogP) is 0.655. The van der Waals surface area contributed by atoms with E-state index in [1.807, 2.05) is 0 Å². The normalized spacial score (nSPS) is 13.4. The summed E-state index contributed by atoms with van der Waals surface area (Å²) < 4.78 is 7.23. The van der Waals surface area contributed by atoms with Crippen LogP contribution in [0.2, 0.25) is 0 Å². The maximum absolute atomic E-state index is 10.5. The number of carboxylic acids is 1. The number of hydrogen-bond donors (Lipinski definition) is 3. The molecule has 1 aromatic rings. The number of carboxylic acid groups (broad SMARTS) is 1. The van der Waals surface area contributed by atoms with Crippen LogP contribution in [0.3, 0.4) is 0 Å². The summed E-state index contributed by atoms with van der Waals surface area (Å²) in [6.07, 6.45) is 0.170. The Balaban J connectivity index is 2.89.